The summed E-state index contributed by atoms with van der Waals surface area (Å²) < 4.78 is 7.34. The van der Waals surface area contributed by atoms with Crippen LogP contribution in [0.15, 0.2) is 42.7 Å². The lowest BCUT2D eigenvalue weighted by Gasteiger charge is -2.21. The minimum Gasteiger partial charge on any atom is -0.386 e. The van der Waals surface area contributed by atoms with Gasteiger partial charge in [-0.15, -0.1) is 0 Å². The molecule has 10 nitrogen and oxygen atoms in total. The van der Waals surface area contributed by atoms with Crippen LogP contribution in [0.2, 0.25) is 0 Å². The molecule has 0 unspecified atom stereocenters. The molecule has 0 radical (unpaired) electrons. The fourth-order valence-electron chi connectivity index (χ4n) is 4.93. The predicted molar refractivity (Wildman–Crippen MR) is 136 cm³/mol. The predicted octanol–water partition coefficient (Wildman–Crippen LogP) is 2.27. The Balaban J connectivity index is 1.48. The first kappa shape index (κ1) is 24.7. The molecule has 37 heavy (non-hydrogen) atoms. The molecule has 1 aliphatic carbocycles. The summed E-state index contributed by atoms with van der Waals surface area (Å²) in [5.41, 5.74) is 7.81. The van der Waals surface area contributed by atoms with Crippen molar-refractivity contribution in [1.29, 1.82) is 5.26 Å². The summed E-state index contributed by atoms with van der Waals surface area (Å²) in [6.07, 6.45) is 4.10. The van der Waals surface area contributed by atoms with Gasteiger partial charge in [0.1, 0.15) is 5.41 Å². The Kier molecular flexibility index (Phi) is 5.93. The number of nitrogens with zero attached hydrogens (tertiary/aromatic N) is 4. The number of hydrogen-bond acceptors (Lipinski definition) is 7. The SMILES string of the molecule is CO[C@H]1CN(C(=O)C2(C#N)CC2)C[C@H]1Nc1c(C(N)=O)cnn2cc(-c3ccc(C(C)(C)O)cc3)cc12. The second kappa shape index (κ2) is 8.87. The highest BCUT2D eigenvalue weighted by Gasteiger charge is 2.54. The standard InChI is InChI=1S/C27H30N6O4/c1-26(2,36)18-6-4-16(5-7-18)17-10-21-23(19(24(29)34)11-30-33(21)12-17)31-20-13-32(14-22(20)37-3)25(35)27(15-28)8-9-27/h4-7,10-12,20,22,31,36H,8-9,13-14H2,1-3H3,(H2,29,34)/t20-,22+/m1/s1. The van der Waals surface area contributed by atoms with Crippen LogP contribution in [0.5, 0.6) is 0 Å². The smallest absolute Gasteiger partial charge is 0.252 e. The van der Waals surface area contributed by atoms with E-state index in [9.17, 15) is 20.0 Å². The van der Waals surface area contributed by atoms with E-state index < -0.39 is 16.9 Å². The number of aromatic nitrogens is 2. The largest absolute Gasteiger partial charge is 0.386 e. The van der Waals surface area contributed by atoms with Crippen LogP contribution in [0.1, 0.15) is 42.6 Å². The molecule has 2 aliphatic rings. The van der Waals surface area contributed by atoms with Gasteiger partial charge in [-0.2, -0.15) is 10.4 Å². The molecule has 2 atom stereocenters. The van der Waals surface area contributed by atoms with Gasteiger partial charge in [-0.25, -0.2) is 4.52 Å². The molecule has 0 spiro atoms. The lowest BCUT2D eigenvalue weighted by Crippen LogP contribution is -2.37. The summed E-state index contributed by atoms with van der Waals surface area (Å²) in [4.78, 5) is 27.0. The van der Waals surface area contributed by atoms with Crippen LogP contribution in [0, 0.1) is 16.7 Å². The minimum absolute atomic E-state index is 0.171. The van der Waals surface area contributed by atoms with E-state index in [1.807, 2.05) is 36.5 Å². The Morgan fingerprint density at radius 1 is 1.24 bits per heavy atom. The fourth-order valence-corrected chi connectivity index (χ4v) is 4.93. The van der Waals surface area contributed by atoms with Crippen molar-refractivity contribution in [3.05, 3.63) is 53.9 Å². The topological polar surface area (TPSA) is 146 Å². The zero-order chi connectivity index (χ0) is 26.5. The van der Waals surface area contributed by atoms with Gasteiger partial charge < -0.3 is 25.8 Å². The normalized spacial score (nSPS) is 20.6. The average Bonchev–Trinajstić information content (AvgIpc) is 3.37. The Morgan fingerprint density at radius 3 is 2.51 bits per heavy atom. The molecule has 1 aromatic carbocycles. The number of methoxy groups -OCH3 is 1. The van der Waals surface area contributed by atoms with Gasteiger partial charge >= 0.3 is 0 Å². The molecule has 10 heteroatoms. The van der Waals surface area contributed by atoms with Crippen molar-refractivity contribution in [2.45, 2.75) is 44.4 Å². The number of likely N-dealkylation sites (tertiary alicyclic amines) is 1. The van der Waals surface area contributed by atoms with E-state index in [2.05, 4.69) is 16.5 Å². The van der Waals surface area contributed by atoms with Crippen LogP contribution in [0.4, 0.5) is 5.69 Å². The summed E-state index contributed by atoms with van der Waals surface area (Å²) >= 11 is 0. The quantitative estimate of drug-likeness (QED) is 0.449. The van der Waals surface area contributed by atoms with Crippen LogP contribution in [-0.2, 0) is 15.1 Å². The van der Waals surface area contributed by atoms with Crippen molar-refractivity contribution in [1.82, 2.24) is 14.5 Å². The van der Waals surface area contributed by atoms with Gasteiger partial charge in [0.15, 0.2) is 0 Å². The molecule has 2 fully saturated rings. The number of hydrogen-bond donors (Lipinski definition) is 3. The van der Waals surface area contributed by atoms with Gasteiger partial charge in [-0.05, 0) is 43.9 Å². The number of rotatable bonds is 7. The summed E-state index contributed by atoms with van der Waals surface area (Å²) in [7, 11) is 1.58. The van der Waals surface area contributed by atoms with Crippen LogP contribution in [0.25, 0.3) is 16.6 Å². The van der Waals surface area contributed by atoms with Crippen molar-refractivity contribution in [3.63, 3.8) is 0 Å². The van der Waals surface area contributed by atoms with E-state index in [0.29, 0.717) is 37.1 Å². The van der Waals surface area contributed by atoms with E-state index >= 15 is 0 Å². The molecular weight excluding hydrogens is 472 g/mol. The van der Waals surface area contributed by atoms with Crippen molar-refractivity contribution in [2.75, 3.05) is 25.5 Å². The number of carbonyl (C=O) groups is 2. The van der Waals surface area contributed by atoms with Gasteiger partial charge in [0, 0.05) is 32.0 Å². The maximum Gasteiger partial charge on any atom is 0.252 e. The molecule has 3 heterocycles. The summed E-state index contributed by atoms with van der Waals surface area (Å²) in [5, 5.41) is 27.5. The van der Waals surface area contributed by atoms with E-state index in [1.165, 1.54) is 6.20 Å². The summed E-state index contributed by atoms with van der Waals surface area (Å²) in [6, 6.07) is 11.4. The van der Waals surface area contributed by atoms with E-state index in [0.717, 1.165) is 16.7 Å². The number of anilines is 1. The Labute approximate surface area is 214 Å². The highest BCUT2D eigenvalue weighted by atomic mass is 16.5. The highest BCUT2D eigenvalue weighted by molar-refractivity contribution is 6.02. The zero-order valence-electron chi connectivity index (χ0n) is 21.1. The molecule has 3 aromatic rings. The van der Waals surface area contributed by atoms with Crippen LogP contribution in [-0.4, -0.2) is 63.8 Å². The molecule has 4 N–H and O–H groups in total. The lowest BCUT2D eigenvalue weighted by atomic mass is 9.96. The molecule has 1 saturated heterocycles. The Hall–Kier alpha value is -3.94. The Morgan fingerprint density at radius 2 is 1.95 bits per heavy atom. The molecule has 5 rings (SSSR count). The number of amides is 2. The summed E-state index contributed by atoms with van der Waals surface area (Å²) in [6.45, 7) is 4.15. The van der Waals surface area contributed by atoms with Gasteiger partial charge in [-0.1, -0.05) is 24.3 Å². The minimum atomic E-state index is -0.945. The molecule has 0 bridgehead atoms. The number of benzene rings is 1. The van der Waals surface area contributed by atoms with E-state index in [1.54, 1.807) is 30.4 Å². The Bertz CT molecular complexity index is 1410. The number of nitrogens with two attached hydrogens (primary N) is 1. The zero-order valence-corrected chi connectivity index (χ0v) is 21.1. The number of nitrogens with one attached hydrogen (secondary N) is 1. The van der Waals surface area contributed by atoms with E-state index in [4.69, 9.17) is 10.5 Å². The van der Waals surface area contributed by atoms with Crippen molar-refractivity contribution in [2.24, 2.45) is 11.1 Å². The number of fused-ring (bicyclic) bond motifs is 1. The maximum absolute atomic E-state index is 13.0. The first-order valence-corrected chi connectivity index (χ1v) is 12.2. The van der Waals surface area contributed by atoms with Crippen molar-refractivity contribution in [3.8, 4) is 17.2 Å². The van der Waals surface area contributed by atoms with Crippen LogP contribution < -0.4 is 11.1 Å². The van der Waals surface area contributed by atoms with Gasteiger partial charge in [-0.3, -0.25) is 9.59 Å². The number of carbonyl (C=O) groups excluding carboxylic acids is 2. The number of aliphatic hydroxyl groups is 1. The molecular formula is C27H30N6O4. The third-order valence-corrected chi connectivity index (χ3v) is 7.39. The number of nitriles is 1. The second-order valence-corrected chi connectivity index (χ2v) is 10.4. The fraction of sp³-hybridized carbons (Fsp3) is 0.407. The summed E-state index contributed by atoms with van der Waals surface area (Å²) in [5.74, 6) is -0.799. The first-order valence-electron chi connectivity index (χ1n) is 12.2. The van der Waals surface area contributed by atoms with Crippen molar-refractivity contribution < 1.29 is 19.4 Å². The third kappa shape index (κ3) is 4.41. The molecule has 1 aliphatic heterocycles. The van der Waals surface area contributed by atoms with Crippen LogP contribution in [0.3, 0.4) is 0 Å². The molecule has 1 saturated carbocycles. The number of primary amides is 1. The van der Waals surface area contributed by atoms with E-state index in [-0.39, 0.29) is 23.6 Å². The third-order valence-electron chi connectivity index (χ3n) is 7.39. The monoisotopic (exact) mass is 502 g/mol. The van der Waals surface area contributed by atoms with Crippen molar-refractivity contribution >= 4 is 23.0 Å². The van der Waals surface area contributed by atoms with Gasteiger partial charge in [0.05, 0.1) is 46.8 Å². The van der Waals surface area contributed by atoms with Gasteiger partial charge in [0.2, 0.25) is 5.91 Å². The van der Waals surface area contributed by atoms with Crippen LogP contribution >= 0.6 is 0 Å². The average molecular weight is 503 g/mol. The highest BCUT2D eigenvalue weighted by Crippen LogP contribution is 2.47. The second-order valence-electron chi connectivity index (χ2n) is 10.4. The molecule has 2 amide bonds. The molecule has 2 aromatic heterocycles. The van der Waals surface area contributed by atoms with Gasteiger partial charge in [0.25, 0.3) is 5.91 Å². The first-order chi connectivity index (χ1) is 17.6. The number of ether oxygens (including phenoxy) is 1. The maximum atomic E-state index is 13.0. The molecule has 192 valence electrons. The lowest BCUT2D eigenvalue weighted by molar-refractivity contribution is -0.134.